The molecule has 0 aromatic heterocycles. The summed E-state index contributed by atoms with van der Waals surface area (Å²) in [6.07, 6.45) is 33.8. The molecule has 0 aliphatic rings. The number of carboxylic acids is 1. The number of aliphatic carboxylic acids is 1. The molecule has 0 saturated carbocycles. The third kappa shape index (κ3) is 24.7. The topological polar surface area (TPSA) is 37.3 Å². The van der Waals surface area contributed by atoms with Crippen LogP contribution >= 0.6 is 0 Å². The van der Waals surface area contributed by atoms with Crippen LogP contribution in [0.5, 0.6) is 0 Å². The van der Waals surface area contributed by atoms with Crippen molar-refractivity contribution in [2.24, 2.45) is 0 Å². The van der Waals surface area contributed by atoms with Gasteiger partial charge in [-0.3, -0.25) is 4.79 Å². The van der Waals surface area contributed by atoms with Crippen LogP contribution in [0.25, 0.3) is 0 Å². The van der Waals surface area contributed by atoms with Gasteiger partial charge in [0.1, 0.15) is 0 Å². The summed E-state index contributed by atoms with van der Waals surface area (Å²) in [5.41, 5.74) is 0. The Kier molecular flexibility index (Phi) is 21.6. The van der Waals surface area contributed by atoms with Crippen LogP contribution in [0.3, 0.4) is 0 Å². The van der Waals surface area contributed by atoms with Crippen molar-refractivity contribution >= 4 is 5.97 Å². The van der Waals surface area contributed by atoms with E-state index in [0.717, 1.165) is 25.7 Å². The van der Waals surface area contributed by atoms with Crippen LogP contribution in [-0.4, -0.2) is 11.1 Å². The van der Waals surface area contributed by atoms with E-state index in [4.69, 9.17) is 5.11 Å². The van der Waals surface area contributed by atoms with Crippen LogP contribution in [-0.2, 0) is 4.79 Å². The van der Waals surface area contributed by atoms with Crippen molar-refractivity contribution < 1.29 is 9.90 Å². The van der Waals surface area contributed by atoms with Crippen molar-refractivity contribution in [1.82, 2.24) is 0 Å². The maximum atomic E-state index is 10.4. The number of rotatable bonds is 20. The first-order chi connectivity index (χ1) is 13.3. The van der Waals surface area contributed by atoms with E-state index >= 15 is 0 Å². The van der Waals surface area contributed by atoms with Crippen LogP contribution in [0, 0.1) is 0 Å². The summed E-state index contributed by atoms with van der Waals surface area (Å²) >= 11 is 0. The van der Waals surface area contributed by atoms with Gasteiger partial charge in [0.05, 0.1) is 0 Å². The molecule has 0 spiro atoms. The summed E-state index contributed by atoms with van der Waals surface area (Å²) < 4.78 is 0. The molecule has 0 atom stereocenters. The summed E-state index contributed by atoms with van der Waals surface area (Å²) in [5.74, 6) is -0.657. The van der Waals surface area contributed by atoms with E-state index < -0.39 is 5.97 Å². The summed E-state index contributed by atoms with van der Waals surface area (Å²) in [6.45, 7) is 2.06. The fourth-order valence-electron chi connectivity index (χ4n) is 3.18. The van der Waals surface area contributed by atoms with Crippen LogP contribution in [0.15, 0.2) is 36.5 Å². The maximum absolute atomic E-state index is 10.4. The van der Waals surface area contributed by atoms with E-state index in [2.05, 4.69) is 43.4 Å². The minimum absolute atomic E-state index is 0.338. The number of hydrogen-bond acceptors (Lipinski definition) is 1. The number of hydrogen-bond donors (Lipinski definition) is 1. The van der Waals surface area contributed by atoms with Crippen molar-refractivity contribution in [3.05, 3.63) is 36.5 Å². The molecular formula is C25H44O2. The first kappa shape index (κ1) is 25.7. The SMILES string of the molecule is CC=CCC=CCC=CCCCCCCCCCCCCCCCC(=O)O. The van der Waals surface area contributed by atoms with E-state index in [1.165, 1.54) is 77.0 Å². The van der Waals surface area contributed by atoms with Gasteiger partial charge in [0.15, 0.2) is 0 Å². The van der Waals surface area contributed by atoms with Gasteiger partial charge in [-0.15, -0.1) is 0 Å². The Balaban J connectivity index is 3.12. The highest BCUT2D eigenvalue weighted by molar-refractivity contribution is 5.66. The Morgan fingerprint density at radius 3 is 1.48 bits per heavy atom. The van der Waals surface area contributed by atoms with Crippen molar-refractivity contribution in [2.45, 2.75) is 116 Å². The molecule has 1 N–H and O–H groups in total. The van der Waals surface area contributed by atoms with Gasteiger partial charge < -0.3 is 5.11 Å². The lowest BCUT2D eigenvalue weighted by molar-refractivity contribution is -0.137. The molecule has 0 rings (SSSR count). The van der Waals surface area contributed by atoms with Crippen molar-refractivity contribution in [1.29, 1.82) is 0 Å². The molecule has 156 valence electrons. The van der Waals surface area contributed by atoms with Gasteiger partial charge in [0, 0.05) is 6.42 Å². The van der Waals surface area contributed by atoms with Crippen LogP contribution in [0.2, 0.25) is 0 Å². The second-order valence-corrected chi connectivity index (χ2v) is 7.51. The minimum atomic E-state index is -0.657. The molecule has 0 bridgehead atoms. The van der Waals surface area contributed by atoms with Gasteiger partial charge in [-0.2, -0.15) is 0 Å². The van der Waals surface area contributed by atoms with Gasteiger partial charge in [-0.1, -0.05) is 107 Å². The smallest absolute Gasteiger partial charge is 0.303 e. The average Bonchev–Trinajstić information content (AvgIpc) is 2.65. The Labute approximate surface area is 168 Å². The van der Waals surface area contributed by atoms with Gasteiger partial charge >= 0.3 is 5.97 Å². The number of unbranched alkanes of at least 4 members (excludes halogenated alkanes) is 13. The molecule has 27 heavy (non-hydrogen) atoms. The van der Waals surface area contributed by atoms with Crippen LogP contribution < -0.4 is 0 Å². The highest BCUT2D eigenvalue weighted by Crippen LogP contribution is 2.13. The predicted molar refractivity (Wildman–Crippen MR) is 119 cm³/mol. The lowest BCUT2D eigenvalue weighted by Gasteiger charge is -2.03. The second kappa shape index (κ2) is 22.7. The van der Waals surface area contributed by atoms with Gasteiger partial charge in [0.2, 0.25) is 0 Å². The lowest BCUT2D eigenvalue weighted by atomic mass is 10.0. The molecule has 0 radical (unpaired) electrons. The third-order valence-electron chi connectivity index (χ3n) is 4.87. The zero-order valence-electron chi connectivity index (χ0n) is 17.8. The largest absolute Gasteiger partial charge is 0.481 e. The minimum Gasteiger partial charge on any atom is -0.481 e. The summed E-state index contributed by atoms with van der Waals surface area (Å²) in [4.78, 5) is 10.4. The summed E-state index contributed by atoms with van der Waals surface area (Å²) in [7, 11) is 0. The predicted octanol–water partition coefficient (Wildman–Crippen LogP) is 8.39. The molecule has 0 aromatic carbocycles. The molecule has 0 fully saturated rings. The quantitative estimate of drug-likeness (QED) is 0.171. The number of carbonyl (C=O) groups is 1. The molecule has 0 aliphatic carbocycles. The molecule has 0 saturated heterocycles. The van der Waals surface area contributed by atoms with Gasteiger partial charge in [-0.05, 0) is 39.0 Å². The molecule has 0 amide bonds. The second-order valence-electron chi connectivity index (χ2n) is 7.51. The first-order valence-electron chi connectivity index (χ1n) is 11.4. The zero-order valence-corrected chi connectivity index (χ0v) is 17.8. The van der Waals surface area contributed by atoms with E-state index in [9.17, 15) is 4.79 Å². The highest BCUT2D eigenvalue weighted by Gasteiger charge is 1.97. The molecule has 0 heterocycles. The Bertz CT molecular complexity index is 393. The zero-order chi connectivity index (χ0) is 19.8. The van der Waals surface area contributed by atoms with Crippen molar-refractivity contribution in [2.75, 3.05) is 0 Å². The normalized spacial score (nSPS) is 12.0. The van der Waals surface area contributed by atoms with E-state index in [1.54, 1.807) is 0 Å². The van der Waals surface area contributed by atoms with Crippen LogP contribution in [0.4, 0.5) is 0 Å². The standard InChI is InChI=1S/C25H44O2/c1-2-3-4-5-6-7-8-9-10-11-12-13-14-15-16-17-18-19-20-21-22-23-24-25(26)27/h2-3,5-6,8-9H,4,7,10-24H2,1H3,(H,26,27). The van der Waals surface area contributed by atoms with Crippen molar-refractivity contribution in [3.8, 4) is 0 Å². The van der Waals surface area contributed by atoms with E-state index in [-0.39, 0.29) is 0 Å². The number of allylic oxidation sites excluding steroid dienone is 6. The van der Waals surface area contributed by atoms with Gasteiger partial charge in [0.25, 0.3) is 0 Å². The Hall–Kier alpha value is -1.31. The monoisotopic (exact) mass is 376 g/mol. The first-order valence-corrected chi connectivity index (χ1v) is 11.4. The van der Waals surface area contributed by atoms with E-state index in [1.807, 2.05) is 0 Å². The fourth-order valence-corrected chi connectivity index (χ4v) is 3.18. The van der Waals surface area contributed by atoms with Crippen molar-refractivity contribution in [3.63, 3.8) is 0 Å². The average molecular weight is 377 g/mol. The third-order valence-corrected chi connectivity index (χ3v) is 4.87. The molecule has 2 heteroatoms. The maximum Gasteiger partial charge on any atom is 0.303 e. The van der Waals surface area contributed by atoms with Crippen LogP contribution in [0.1, 0.15) is 116 Å². The van der Waals surface area contributed by atoms with Gasteiger partial charge in [-0.25, -0.2) is 0 Å². The molecular weight excluding hydrogens is 332 g/mol. The van der Waals surface area contributed by atoms with E-state index in [0.29, 0.717) is 6.42 Å². The number of carboxylic acid groups (broad SMARTS) is 1. The lowest BCUT2D eigenvalue weighted by Crippen LogP contribution is -1.93. The Morgan fingerprint density at radius 2 is 1.00 bits per heavy atom. The molecule has 2 nitrogen and oxygen atoms in total. The highest BCUT2D eigenvalue weighted by atomic mass is 16.4. The molecule has 0 aromatic rings. The Morgan fingerprint density at radius 1 is 0.593 bits per heavy atom. The summed E-state index contributed by atoms with van der Waals surface area (Å²) in [5, 5.41) is 8.57. The fraction of sp³-hybridized carbons (Fsp3) is 0.720. The molecule has 0 aliphatic heterocycles. The summed E-state index contributed by atoms with van der Waals surface area (Å²) in [6, 6.07) is 0. The molecule has 0 unspecified atom stereocenters.